The summed E-state index contributed by atoms with van der Waals surface area (Å²) in [5.41, 5.74) is 6.50. The van der Waals surface area contributed by atoms with Gasteiger partial charge in [0.05, 0.1) is 43.9 Å². The van der Waals surface area contributed by atoms with Crippen molar-refractivity contribution in [1.82, 2.24) is 15.0 Å². The molecule has 1 unspecified atom stereocenters. The normalized spacial score (nSPS) is 14.4. The van der Waals surface area contributed by atoms with Crippen LogP contribution in [0.2, 0.25) is 0 Å². The van der Waals surface area contributed by atoms with Crippen LogP contribution in [-0.4, -0.2) is 65.3 Å². The van der Waals surface area contributed by atoms with E-state index in [2.05, 4.69) is 9.71 Å². The Balaban J connectivity index is 1.68. The van der Waals surface area contributed by atoms with Crippen molar-refractivity contribution in [2.75, 3.05) is 61.2 Å². The molecule has 0 bridgehead atoms. The lowest BCUT2D eigenvalue weighted by Crippen LogP contribution is -2.37. The second kappa shape index (κ2) is 12.1. The summed E-state index contributed by atoms with van der Waals surface area (Å²) in [6.45, 7) is 1.41. The lowest BCUT2D eigenvalue weighted by atomic mass is 10.0. The number of fused-ring (bicyclic) bond motifs is 1. The SMILES string of the molecule is COc1cc(-c2c(F)ccc(N[S+]([O-])CCCF)c2F)cc2c(N3CCOCC3)nc(-c3ccc(N)nc3)nc12. The van der Waals surface area contributed by atoms with Crippen LogP contribution in [0, 0.1) is 11.6 Å². The molecular weight excluding hydrogens is 545 g/mol. The average Bonchev–Trinajstić information content (AvgIpc) is 2.97. The number of benzene rings is 2. The van der Waals surface area contributed by atoms with Gasteiger partial charge in [-0.3, -0.25) is 4.39 Å². The Morgan fingerprint density at radius 1 is 1.12 bits per heavy atom. The van der Waals surface area contributed by atoms with Crippen LogP contribution in [0.15, 0.2) is 42.6 Å². The number of nitrogens with two attached hydrogens (primary N) is 1. The highest BCUT2D eigenvalue weighted by molar-refractivity contribution is 7.92. The highest BCUT2D eigenvalue weighted by Gasteiger charge is 2.24. The van der Waals surface area contributed by atoms with Gasteiger partial charge in [0.2, 0.25) is 0 Å². The second-order valence-electron chi connectivity index (χ2n) is 8.99. The summed E-state index contributed by atoms with van der Waals surface area (Å²) in [6.07, 6.45) is 1.62. The number of pyridine rings is 1. The third kappa shape index (κ3) is 5.71. The monoisotopic (exact) mass is 572 g/mol. The molecule has 210 valence electrons. The van der Waals surface area contributed by atoms with Crippen LogP contribution in [0.5, 0.6) is 5.75 Å². The molecule has 3 N–H and O–H groups in total. The van der Waals surface area contributed by atoms with E-state index in [-0.39, 0.29) is 34.7 Å². The zero-order chi connectivity index (χ0) is 28.2. The number of nitrogens with one attached hydrogen (secondary N) is 1. The maximum Gasteiger partial charge on any atom is 0.163 e. The van der Waals surface area contributed by atoms with Crippen molar-refractivity contribution in [3.05, 3.63) is 54.2 Å². The minimum atomic E-state index is -1.74. The Hall–Kier alpha value is -3.81. The van der Waals surface area contributed by atoms with Gasteiger partial charge in [-0.25, -0.2) is 28.5 Å². The minimum Gasteiger partial charge on any atom is -0.593 e. The fourth-order valence-electron chi connectivity index (χ4n) is 4.42. The number of anilines is 3. The first-order chi connectivity index (χ1) is 19.4. The Bertz CT molecular complexity index is 1510. The molecule has 1 atom stereocenters. The van der Waals surface area contributed by atoms with Gasteiger partial charge in [0, 0.05) is 36.7 Å². The van der Waals surface area contributed by atoms with Gasteiger partial charge in [0.25, 0.3) is 0 Å². The van der Waals surface area contributed by atoms with E-state index in [1.807, 2.05) is 4.90 Å². The van der Waals surface area contributed by atoms with E-state index in [1.54, 1.807) is 24.4 Å². The molecule has 2 aromatic carbocycles. The van der Waals surface area contributed by atoms with Crippen LogP contribution in [0.4, 0.5) is 30.5 Å². The van der Waals surface area contributed by atoms with Crippen molar-refractivity contribution >= 4 is 39.6 Å². The van der Waals surface area contributed by atoms with Gasteiger partial charge in [-0.05, 0) is 42.0 Å². The fraction of sp³-hybridized carbons (Fsp3) is 0.296. The predicted octanol–water partition coefficient (Wildman–Crippen LogP) is 4.50. The number of hydrogen-bond acceptors (Lipinski definition) is 9. The lowest BCUT2D eigenvalue weighted by molar-refractivity contribution is 0.122. The molecule has 1 aliphatic rings. The van der Waals surface area contributed by atoms with Crippen LogP contribution >= 0.6 is 0 Å². The van der Waals surface area contributed by atoms with Crippen molar-refractivity contribution in [2.45, 2.75) is 6.42 Å². The molecular formula is C27H27F3N6O3S. The molecule has 0 amide bonds. The number of morpholine rings is 1. The van der Waals surface area contributed by atoms with Gasteiger partial charge in [-0.15, -0.1) is 0 Å². The van der Waals surface area contributed by atoms with Gasteiger partial charge in [0.15, 0.2) is 11.6 Å². The van der Waals surface area contributed by atoms with Crippen molar-refractivity contribution in [2.24, 2.45) is 0 Å². The molecule has 13 heteroatoms. The summed E-state index contributed by atoms with van der Waals surface area (Å²) >= 11 is -1.74. The van der Waals surface area contributed by atoms with Crippen molar-refractivity contribution in [3.63, 3.8) is 0 Å². The van der Waals surface area contributed by atoms with E-state index in [0.717, 1.165) is 12.1 Å². The predicted molar refractivity (Wildman–Crippen MR) is 149 cm³/mol. The topological polar surface area (TPSA) is 121 Å². The fourth-order valence-corrected chi connectivity index (χ4v) is 5.30. The molecule has 40 heavy (non-hydrogen) atoms. The van der Waals surface area contributed by atoms with Gasteiger partial charge < -0.3 is 24.7 Å². The first-order valence-corrected chi connectivity index (χ1v) is 13.8. The number of ether oxygens (including phenoxy) is 2. The number of nitrogen functional groups attached to an aromatic ring is 1. The van der Waals surface area contributed by atoms with E-state index in [9.17, 15) is 8.94 Å². The van der Waals surface area contributed by atoms with Crippen molar-refractivity contribution in [3.8, 4) is 28.3 Å². The largest absolute Gasteiger partial charge is 0.593 e. The number of methoxy groups -OCH3 is 1. The third-order valence-corrected chi connectivity index (χ3v) is 7.49. The first-order valence-electron chi connectivity index (χ1n) is 12.5. The summed E-state index contributed by atoms with van der Waals surface area (Å²) in [5.74, 6) is -0.219. The second-order valence-corrected chi connectivity index (χ2v) is 10.3. The molecule has 1 fully saturated rings. The van der Waals surface area contributed by atoms with Gasteiger partial charge in [-0.2, -0.15) is 0 Å². The quantitative estimate of drug-likeness (QED) is 0.279. The van der Waals surface area contributed by atoms with Crippen molar-refractivity contribution in [1.29, 1.82) is 0 Å². The van der Waals surface area contributed by atoms with E-state index < -0.39 is 29.7 Å². The molecule has 0 aliphatic carbocycles. The number of nitrogens with zero attached hydrogens (tertiary/aromatic N) is 4. The molecule has 0 radical (unpaired) electrons. The van der Waals surface area contributed by atoms with Crippen LogP contribution < -0.4 is 20.1 Å². The summed E-state index contributed by atoms with van der Waals surface area (Å²) in [6, 6.07) is 8.76. The summed E-state index contributed by atoms with van der Waals surface area (Å²) in [5, 5.41) is 0.520. The number of halogens is 3. The smallest absolute Gasteiger partial charge is 0.163 e. The Morgan fingerprint density at radius 2 is 1.93 bits per heavy atom. The van der Waals surface area contributed by atoms with E-state index in [0.29, 0.717) is 60.2 Å². The highest BCUT2D eigenvalue weighted by atomic mass is 32.2. The van der Waals surface area contributed by atoms with E-state index in [4.69, 9.17) is 25.2 Å². The highest BCUT2D eigenvalue weighted by Crippen LogP contribution is 2.40. The Labute approximate surface area is 231 Å². The van der Waals surface area contributed by atoms with Crippen LogP contribution in [0.25, 0.3) is 33.4 Å². The molecule has 1 saturated heterocycles. The van der Waals surface area contributed by atoms with Crippen LogP contribution in [0.3, 0.4) is 0 Å². The van der Waals surface area contributed by atoms with Crippen LogP contribution in [-0.2, 0) is 16.1 Å². The molecule has 5 rings (SSSR count). The minimum absolute atomic E-state index is 0.0153. The average molecular weight is 573 g/mol. The van der Waals surface area contributed by atoms with E-state index in [1.165, 1.54) is 13.2 Å². The molecule has 3 heterocycles. The molecule has 4 aromatic rings. The summed E-state index contributed by atoms with van der Waals surface area (Å²) in [4.78, 5) is 15.7. The van der Waals surface area contributed by atoms with Gasteiger partial charge in [0.1, 0.15) is 40.2 Å². The number of hydrogen-bond donors (Lipinski definition) is 2. The molecule has 0 saturated carbocycles. The standard InChI is InChI=1S/C27H27F3N6O3S/c1-38-21-14-17(23-19(29)4-5-20(24(23)30)35-40(37)12-2-7-28)13-18-25(21)33-26(16-3-6-22(31)32-15-16)34-27(18)36-8-10-39-11-9-36/h3-6,13-15,35H,2,7-12H2,1H3,(H2,31,32). The Kier molecular flexibility index (Phi) is 8.43. The zero-order valence-electron chi connectivity index (χ0n) is 21.6. The summed E-state index contributed by atoms with van der Waals surface area (Å²) < 4.78 is 69.2. The molecule has 9 nitrogen and oxygen atoms in total. The molecule has 0 spiro atoms. The number of rotatable bonds is 9. The summed E-state index contributed by atoms with van der Waals surface area (Å²) in [7, 11) is 1.44. The Morgan fingerprint density at radius 3 is 2.62 bits per heavy atom. The maximum atomic E-state index is 15.7. The maximum absolute atomic E-state index is 15.7. The first kappa shape index (κ1) is 27.7. The van der Waals surface area contributed by atoms with E-state index >= 15 is 8.78 Å². The van der Waals surface area contributed by atoms with Crippen LogP contribution in [0.1, 0.15) is 6.42 Å². The molecule has 1 aliphatic heterocycles. The van der Waals surface area contributed by atoms with Gasteiger partial charge >= 0.3 is 0 Å². The zero-order valence-corrected chi connectivity index (χ0v) is 22.4. The lowest BCUT2D eigenvalue weighted by Gasteiger charge is -2.29. The van der Waals surface area contributed by atoms with Gasteiger partial charge in [-0.1, -0.05) is 0 Å². The number of alkyl halides is 1. The number of aromatic nitrogens is 3. The third-order valence-electron chi connectivity index (χ3n) is 6.39. The van der Waals surface area contributed by atoms with Crippen molar-refractivity contribution < 1.29 is 27.2 Å². The molecule has 2 aromatic heterocycles.